The lowest BCUT2D eigenvalue weighted by molar-refractivity contribution is 0.134. The van der Waals surface area contributed by atoms with Gasteiger partial charge in [-0.05, 0) is 43.9 Å². The molecular weight excluding hydrogens is 382 g/mol. The largest absolute Gasteiger partial charge is 0.357 e. The van der Waals surface area contributed by atoms with Crippen molar-refractivity contribution in [3.05, 3.63) is 78.0 Å². The Balaban J connectivity index is 1.38. The van der Waals surface area contributed by atoms with Crippen LogP contribution in [-0.4, -0.2) is 41.0 Å². The molecule has 0 bridgehead atoms. The summed E-state index contributed by atoms with van der Waals surface area (Å²) in [6.45, 7) is 8.04. The van der Waals surface area contributed by atoms with Crippen molar-refractivity contribution in [3.63, 3.8) is 0 Å². The van der Waals surface area contributed by atoms with Crippen molar-refractivity contribution in [1.82, 2.24) is 20.5 Å². The van der Waals surface area contributed by atoms with E-state index in [1.165, 1.54) is 5.56 Å². The topological polar surface area (TPSA) is 52.6 Å². The smallest absolute Gasteiger partial charge is 0.191 e. The van der Waals surface area contributed by atoms with Gasteiger partial charge in [-0.3, -0.25) is 9.88 Å². The van der Waals surface area contributed by atoms with Crippen molar-refractivity contribution < 1.29 is 0 Å². The Bertz CT molecular complexity index is 996. The molecule has 31 heavy (non-hydrogen) atoms. The molecule has 0 spiro atoms. The summed E-state index contributed by atoms with van der Waals surface area (Å²) in [6, 6.07) is 22.1. The first-order valence-electron chi connectivity index (χ1n) is 11.4. The molecule has 1 aliphatic rings. The van der Waals surface area contributed by atoms with Crippen LogP contribution in [0, 0.1) is 0 Å². The van der Waals surface area contributed by atoms with Gasteiger partial charge < -0.3 is 10.6 Å². The van der Waals surface area contributed by atoms with Gasteiger partial charge in [0.15, 0.2) is 5.96 Å². The highest BCUT2D eigenvalue weighted by Crippen LogP contribution is 2.20. The Labute approximate surface area is 185 Å². The van der Waals surface area contributed by atoms with E-state index < -0.39 is 0 Å². The van der Waals surface area contributed by atoms with E-state index in [2.05, 4.69) is 89.0 Å². The first-order valence-corrected chi connectivity index (χ1v) is 11.4. The normalized spacial score (nSPS) is 20.0. The van der Waals surface area contributed by atoms with Gasteiger partial charge in [0.2, 0.25) is 0 Å². The fraction of sp³-hybridized carbons (Fsp3) is 0.385. The zero-order valence-electron chi connectivity index (χ0n) is 18.6. The summed E-state index contributed by atoms with van der Waals surface area (Å²) in [5.74, 6) is 0.893. The van der Waals surface area contributed by atoms with E-state index in [1.54, 1.807) is 0 Å². The van der Waals surface area contributed by atoms with Crippen LogP contribution in [0.1, 0.15) is 37.8 Å². The van der Waals surface area contributed by atoms with Gasteiger partial charge in [0, 0.05) is 43.3 Å². The zero-order chi connectivity index (χ0) is 21.5. The lowest BCUT2D eigenvalue weighted by Gasteiger charge is -2.38. The molecule has 1 fully saturated rings. The van der Waals surface area contributed by atoms with E-state index in [4.69, 9.17) is 4.99 Å². The zero-order valence-corrected chi connectivity index (χ0v) is 18.6. The van der Waals surface area contributed by atoms with Crippen molar-refractivity contribution in [3.8, 4) is 0 Å². The highest BCUT2D eigenvalue weighted by Gasteiger charge is 2.26. The highest BCUT2D eigenvalue weighted by atomic mass is 15.2. The number of nitrogens with zero attached hydrogens (tertiary/aromatic N) is 3. The van der Waals surface area contributed by atoms with Gasteiger partial charge in [-0.15, -0.1) is 0 Å². The second-order valence-electron chi connectivity index (χ2n) is 8.36. The first-order chi connectivity index (χ1) is 15.2. The van der Waals surface area contributed by atoms with E-state index in [0.29, 0.717) is 18.6 Å². The maximum Gasteiger partial charge on any atom is 0.191 e. The van der Waals surface area contributed by atoms with Crippen LogP contribution < -0.4 is 10.6 Å². The van der Waals surface area contributed by atoms with Crippen molar-refractivity contribution >= 4 is 16.9 Å². The number of aliphatic imine (C=N–C) groups is 1. The number of nitrogens with one attached hydrogen (secondary N) is 2. The highest BCUT2D eigenvalue weighted by molar-refractivity contribution is 5.83. The van der Waals surface area contributed by atoms with Crippen LogP contribution in [0.15, 0.2) is 71.9 Å². The second kappa shape index (κ2) is 10.4. The fourth-order valence-corrected chi connectivity index (χ4v) is 4.38. The van der Waals surface area contributed by atoms with E-state index >= 15 is 0 Å². The molecule has 0 radical (unpaired) electrons. The third kappa shape index (κ3) is 5.61. The summed E-state index contributed by atoms with van der Waals surface area (Å²) in [6.07, 6.45) is 4.09. The summed E-state index contributed by atoms with van der Waals surface area (Å²) in [4.78, 5) is 12.0. The van der Waals surface area contributed by atoms with Crippen LogP contribution in [0.4, 0.5) is 0 Å². The van der Waals surface area contributed by atoms with Crippen LogP contribution in [0.3, 0.4) is 0 Å². The molecule has 2 aromatic carbocycles. The molecule has 5 nitrogen and oxygen atoms in total. The molecule has 2 heterocycles. The van der Waals surface area contributed by atoms with Crippen LogP contribution >= 0.6 is 0 Å². The number of benzene rings is 2. The molecule has 2 atom stereocenters. The number of rotatable bonds is 6. The van der Waals surface area contributed by atoms with Crippen molar-refractivity contribution in [1.29, 1.82) is 0 Å². The number of fused-ring (bicyclic) bond motifs is 1. The lowest BCUT2D eigenvalue weighted by atomic mass is 9.97. The minimum atomic E-state index is 0.436. The van der Waals surface area contributed by atoms with E-state index in [1.807, 2.05) is 12.3 Å². The van der Waals surface area contributed by atoms with Gasteiger partial charge in [-0.25, -0.2) is 4.99 Å². The van der Waals surface area contributed by atoms with Gasteiger partial charge in [0.25, 0.3) is 0 Å². The number of guanidine groups is 1. The molecule has 0 aliphatic carbocycles. The lowest BCUT2D eigenvalue weighted by Crippen LogP contribution is -2.51. The molecular formula is C26H33N5. The Morgan fingerprint density at radius 1 is 1.10 bits per heavy atom. The Morgan fingerprint density at radius 3 is 2.74 bits per heavy atom. The maximum absolute atomic E-state index is 4.88. The Morgan fingerprint density at radius 2 is 1.94 bits per heavy atom. The van der Waals surface area contributed by atoms with Crippen molar-refractivity contribution in [2.45, 2.75) is 51.9 Å². The summed E-state index contributed by atoms with van der Waals surface area (Å²) in [5.41, 5.74) is 3.58. The van der Waals surface area contributed by atoms with E-state index in [9.17, 15) is 0 Å². The number of hydrogen-bond donors (Lipinski definition) is 2. The van der Waals surface area contributed by atoms with Crippen molar-refractivity contribution in [2.24, 2.45) is 4.99 Å². The van der Waals surface area contributed by atoms with Crippen LogP contribution in [0.5, 0.6) is 0 Å². The molecule has 162 valence electrons. The second-order valence-corrected chi connectivity index (χ2v) is 8.36. The average Bonchev–Trinajstić information content (AvgIpc) is 2.80. The molecule has 2 N–H and O–H groups in total. The quantitative estimate of drug-likeness (QED) is 0.464. The molecule has 1 aromatic heterocycles. The summed E-state index contributed by atoms with van der Waals surface area (Å²) < 4.78 is 0. The number of para-hydroxylation sites is 1. The summed E-state index contributed by atoms with van der Waals surface area (Å²) >= 11 is 0. The number of hydrogen-bond acceptors (Lipinski definition) is 3. The fourth-order valence-electron chi connectivity index (χ4n) is 4.38. The van der Waals surface area contributed by atoms with Gasteiger partial charge in [0.1, 0.15) is 0 Å². The third-order valence-corrected chi connectivity index (χ3v) is 6.05. The Kier molecular flexibility index (Phi) is 7.15. The monoisotopic (exact) mass is 415 g/mol. The van der Waals surface area contributed by atoms with Gasteiger partial charge in [-0.1, -0.05) is 54.6 Å². The van der Waals surface area contributed by atoms with Gasteiger partial charge in [0.05, 0.1) is 12.1 Å². The minimum absolute atomic E-state index is 0.436. The first kappa shape index (κ1) is 21.3. The van der Waals surface area contributed by atoms with Gasteiger partial charge >= 0.3 is 0 Å². The summed E-state index contributed by atoms with van der Waals surface area (Å²) in [7, 11) is 0. The molecule has 0 amide bonds. The van der Waals surface area contributed by atoms with E-state index in [0.717, 1.165) is 54.9 Å². The maximum atomic E-state index is 4.88. The predicted molar refractivity (Wildman–Crippen MR) is 129 cm³/mol. The Hall–Kier alpha value is -2.92. The molecule has 5 heteroatoms. The number of pyridine rings is 1. The molecule has 1 saturated heterocycles. The number of likely N-dealkylation sites (tertiary alicyclic amines) is 1. The predicted octanol–water partition coefficient (Wildman–Crippen LogP) is 4.34. The standard InChI is InChI=1S/C26H33N5/c1-3-27-26(29-18-23-12-7-11-22-13-8-15-28-25(22)23)30-24-14-16-31(20(2)17-24)19-21-9-5-4-6-10-21/h4-13,15,20,24H,3,14,16-19H2,1-2H3,(H2,27,29,30). The van der Waals surface area contributed by atoms with Crippen LogP contribution in [0.25, 0.3) is 10.9 Å². The number of aromatic nitrogens is 1. The average molecular weight is 416 g/mol. The minimum Gasteiger partial charge on any atom is -0.357 e. The number of piperidine rings is 1. The van der Waals surface area contributed by atoms with Crippen molar-refractivity contribution in [2.75, 3.05) is 13.1 Å². The third-order valence-electron chi connectivity index (χ3n) is 6.05. The van der Waals surface area contributed by atoms with Crippen LogP contribution in [-0.2, 0) is 13.1 Å². The van der Waals surface area contributed by atoms with Gasteiger partial charge in [-0.2, -0.15) is 0 Å². The molecule has 2 unspecified atom stereocenters. The SMILES string of the molecule is CCNC(=NCc1cccc2cccnc12)NC1CCN(Cc2ccccc2)C(C)C1. The van der Waals surface area contributed by atoms with E-state index in [-0.39, 0.29) is 0 Å². The molecule has 4 rings (SSSR count). The molecule has 0 saturated carbocycles. The molecule has 1 aliphatic heterocycles. The van der Waals surface area contributed by atoms with Crippen LogP contribution in [0.2, 0.25) is 0 Å². The summed E-state index contributed by atoms with van der Waals surface area (Å²) in [5, 5.41) is 8.26. The molecule has 3 aromatic rings.